The molecule has 0 aliphatic carbocycles. The number of hydrogen-bond acceptors (Lipinski definition) is 5. The van der Waals surface area contributed by atoms with E-state index in [0.717, 1.165) is 39.0 Å². The average Bonchev–Trinajstić information content (AvgIpc) is 2.47. The van der Waals surface area contributed by atoms with E-state index in [1.54, 1.807) is 14.2 Å². The second-order valence-electron chi connectivity index (χ2n) is 5.16. The monoisotopic (exact) mass is 274 g/mol. The van der Waals surface area contributed by atoms with Crippen molar-refractivity contribution in [2.45, 2.75) is 51.0 Å². The van der Waals surface area contributed by atoms with Gasteiger partial charge in [-0.3, -0.25) is 4.90 Å². The van der Waals surface area contributed by atoms with E-state index in [9.17, 15) is 0 Å². The van der Waals surface area contributed by atoms with Gasteiger partial charge in [-0.1, -0.05) is 6.92 Å². The van der Waals surface area contributed by atoms with Gasteiger partial charge in [0.05, 0.1) is 6.10 Å². The highest BCUT2D eigenvalue weighted by molar-refractivity contribution is 4.81. The molecule has 1 fully saturated rings. The van der Waals surface area contributed by atoms with Gasteiger partial charge in [-0.15, -0.1) is 0 Å². The van der Waals surface area contributed by atoms with Gasteiger partial charge in [-0.05, 0) is 25.8 Å². The first-order valence-corrected chi connectivity index (χ1v) is 7.36. The zero-order valence-corrected chi connectivity index (χ0v) is 12.6. The lowest BCUT2D eigenvalue weighted by Crippen LogP contribution is -2.49. The summed E-state index contributed by atoms with van der Waals surface area (Å²) < 4.78 is 16.4. The molecule has 1 rings (SSSR count). The van der Waals surface area contributed by atoms with Crippen LogP contribution < -0.4 is 5.73 Å². The molecule has 0 saturated carbocycles. The molecular weight excluding hydrogens is 244 g/mol. The van der Waals surface area contributed by atoms with Gasteiger partial charge in [0.15, 0.2) is 6.29 Å². The van der Waals surface area contributed by atoms with Gasteiger partial charge in [0.1, 0.15) is 0 Å². The lowest BCUT2D eigenvalue weighted by Gasteiger charge is -2.38. The summed E-state index contributed by atoms with van der Waals surface area (Å²) >= 11 is 0. The van der Waals surface area contributed by atoms with E-state index >= 15 is 0 Å². The SMILES string of the molecule is CCCOC1CCCN(C(CN)CC(OC)OC)C1. The number of methoxy groups -OCH3 is 2. The second-order valence-corrected chi connectivity index (χ2v) is 5.16. The third kappa shape index (κ3) is 5.75. The summed E-state index contributed by atoms with van der Waals surface area (Å²) in [6.45, 7) is 5.69. The van der Waals surface area contributed by atoms with Crippen LogP contribution >= 0.6 is 0 Å². The molecule has 0 amide bonds. The fourth-order valence-corrected chi connectivity index (χ4v) is 2.62. The first kappa shape index (κ1) is 16.9. The van der Waals surface area contributed by atoms with E-state index in [1.165, 1.54) is 6.42 Å². The van der Waals surface area contributed by atoms with Crippen LogP contribution in [0.3, 0.4) is 0 Å². The zero-order chi connectivity index (χ0) is 14.1. The molecule has 0 aromatic carbocycles. The molecule has 5 nitrogen and oxygen atoms in total. The molecule has 1 saturated heterocycles. The third-order valence-electron chi connectivity index (χ3n) is 3.75. The highest BCUT2D eigenvalue weighted by Crippen LogP contribution is 2.18. The summed E-state index contributed by atoms with van der Waals surface area (Å²) in [5.41, 5.74) is 5.91. The number of nitrogens with zero attached hydrogens (tertiary/aromatic N) is 1. The van der Waals surface area contributed by atoms with Crippen molar-refractivity contribution < 1.29 is 14.2 Å². The van der Waals surface area contributed by atoms with Crippen LogP contribution in [0.15, 0.2) is 0 Å². The summed E-state index contributed by atoms with van der Waals surface area (Å²) in [7, 11) is 3.34. The topological polar surface area (TPSA) is 57.0 Å². The predicted octanol–water partition coefficient (Wildman–Crippen LogP) is 1.21. The van der Waals surface area contributed by atoms with Gasteiger partial charge >= 0.3 is 0 Å². The lowest BCUT2D eigenvalue weighted by atomic mass is 10.0. The average molecular weight is 274 g/mol. The van der Waals surface area contributed by atoms with E-state index in [4.69, 9.17) is 19.9 Å². The molecular formula is C14H30N2O3. The molecule has 1 heterocycles. The minimum atomic E-state index is -0.175. The number of nitrogens with two attached hydrogens (primary N) is 1. The quantitative estimate of drug-likeness (QED) is 0.641. The maximum Gasteiger partial charge on any atom is 0.158 e. The Labute approximate surface area is 117 Å². The number of ether oxygens (including phenoxy) is 3. The Hall–Kier alpha value is -0.200. The van der Waals surface area contributed by atoms with Crippen LogP contribution in [0.25, 0.3) is 0 Å². The molecule has 0 aromatic heterocycles. The Morgan fingerprint density at radius 2 is 2.05 bits per heavy atom. The Bertz CT molecular complexity index is 225. The summed E-state index contributed by atoms with van der Waals surface area (Å²) in [5.74, 6) is 0. The van der Waals surface area contributed by atoms with E-state index in [0.29, 0.717) is 18.7 Å². The molecule has 1 aliphatic heterocycles. The summed E-state index contributed by atoms with van der Waals surface area (Å²) in [4.78, 5) is 2.43. The smallest absolute Gasteiger partial charge is 0.158 e. The maximum atomic E-state index is 5.91. The van der Waals surface area contributed by atoms with Gasteiger partial charge in [0.2, 0.25) is 0 Å². The van der Waals surface area contributed by atoms with Crippen LogP contribution in [0.1, 0.15) is 32.6 Å². The molecule has 2 atom stereocenters. The van der Waals surface area contributed by atoms with Crippen LogP contribution in [-0.4, -0.2) is 63.8 Å². The minimum Gasteiger partial charge on any atom is -0.377 e. The van der Waals surface area contributed by atoms with Gasteiger partial charge < -0.3 is 19.9 Å². The number of hydrogen-bond donors (Lipinski definition) is 1. The fourth-order valence-electron chi connectivity index (χ4n) is 2.62. The van der Waals surface area contributed by atoms with Crippen LogP contribution in [0.5, 0.6) is 0 Å². The van der Waals surface area contributed by atoms with E-state index in [-0.39, 0.29) is 6.29 Å². The molecule has 0 radical (unpaired) electrons. The van der Waals surface area contributed by atoms with Crippen molar-refractivity contribution in [2.24, 2.45) is 5.73 Å². The van der Waals surface area contributed by atoms with Crippen molar-refractivity contribution >= 4 is 0 Å². The first-order chi connectivity index (χ1) is 9.24. The summed E-state index contributed by atoms with van der Waals surface area (Å²) in [6.07, 6.45) is 4.40. The largest absolute Gasteiger partial charge is 0.377 e. The molecule has 2 unspecified atom stereocenters. The Balaban J connectivity index is 2.45. The van der Waals surface area contributed by atoms with Crippen molar-refractivity contribution in [1.29, 1.82) is 0 Å². The number of likely N-dealkylation sites (tertiary alicyclic amines) is 1. The minimum absolute atomic E-state index is 0.175. The zero-order valence-electron chi connectivity index (χ0n) is 12.6. The van der Waals surface area contributed by atoms with E-state index in [1.807, 2.05) is 0 Å². The molecule has 0 spiro atoms. The second kappa shape index (κ2) is 9.66. The van der Waals surface area contributed by atoms with Gasteiger partial charge in [-0.25, -0.2) is 0 Å². The molecule has 2 N–H and O–H groups in total. The normalized spacial score (nSPS) is 22.9. The molecule has 0 bridgehead atoms. The molecule has 114 valence electrons. The van der Waals surface area contributed by atoms with Crippen molar-refractivity contribution in [2.75, 3.05) is 40.5 Å². The first-order valence-electron chi connectivity index (χ1n) is 7.36. The maximum absolute atomic E-state index is 5.91. The molecule has 5 heteroatoms. The van der Waals surface area contributed by atoms with Crippen molar-refractivity contribution in [3.63, 3.8) is 0 Å². The van der Waals surface area contributed by atoms with E-state index < -0.39 is 0 Å². The van der Waals surface area contributed by atoms with E-state index in [2.05, 4.69) is 11.8 Å². The Kier molecular flexibility index (Phi) is 8.57. The highest BCUT2D eigenvalue weighted by atomic mass is 16.7. The lowest BCUT2D eigenvalue weighted by molar-refractivity contribution is -0.120. The summed E-state index contributed by atoms with van der Waals surface area (Å²) in [6, 6.07) is 0.304. The highest BCUT2D eigenvalue weighted by Gasteiger charge is 2.27. The Morgan fingerprint density at radius 3 is 2.63 bits per heavy atom. The van der Waals surface area contributed by atoms with Crippen LogP contribution in [-0.2, 0) is 14.2 Å². The van der Waals surface area contributed by atoms with Crippen LogP contribution in [0.2, 0.25) is 0 Å². The summed E-state index contributed by atoms with van der Waals surface area (Å²) in [5, 5.41) is 0. The van der Waals surface area contributed by atoms with Gasteiger partial charge in [0, 0.05) is 46.4 Å². The third-order valence-corrected chi connectivity index (χ3v) is 3.75. The van der Waals surface area contributed by atoms with Crippen molar-refractivity contribution in [3.05, 3.63) is 0 Å². The van der Waals surface area contributed by atoms with Crippen molar-refractivity contribution in [1.82, 2.24) is 4.90 Å². The fraction of sp³-hybridized carbons (Fsp3) is 1.00. The van der Waals surface area contributed by atoms with Gasteiger partial charge in [-0.2, -0.15) is 0 Å². The van der Waals surface area contributed by atoms with Crippen LogP contribution in [0, 0.1) is 0 Å². The number of piperidine rings is 1. The van der Waals surface area contributed by atoms with Crippen LogP contribution in [0.4, 0.5) is 0 Å². The molecule has 19 heavy (non-hydrogen) atoms. The van der Waals surface area contributed by atoms with Gasteiger partial charge in [0.25, 0.3) is 0 Å². The standard InChI is InChI=1S/C14H30N2O3/c1-4-8-19-13-6-5-7-16(11-13)12(10-15)9-14(17-2)18-3/h12-14H,4-11,15H2,1-3H3. The molecule has 1 aliphatic rings. The molecule has 0 aromatic rings. The number of rotatable bonds is 9. The Morgan fingerprint density at radius 1 is 1.32 bits per heavy atom. The van der Waals surface area contributed by atoms with Crippen molar-refractivity contribution in [3.8, 4) is 0 Å². The predicted molar refractivity (Wildman–Crippen MR) is 76.1 cm³/mol.